The summed E-state index contributed by atoms with van der Waals surface area (Å²) in [5.74, 6) is -0.826. The van der Waals surface area contributed by atoms with Gasteiger partial charge in [0.15, 0.2) is 0 Å². The Morgan fingerprint density at radius 2 is 1.19 bits per heavy atom. The number of rotatable bonds is 14. The van der Waals surface area contributed by atoms with Crippen molar-refractivity contribution in [2.45, 2.75) is 119 Å². The Hall–Kier alpha value is -5.90. The average Bonchev–Trinajstić information content (AvgIpc) is 3.14. The van der Waals surface area contributed by atoms with Gasteiger partial charge in [0.25, 0.3) is 0 Å². The Morgan fingerprint density at radius 3 is 1.66 bits per heavy atom. The Kier molecular flexibility index (Phi) is 13.5. The van der Waals surface area contributed by atoms with E-state index in [2.05, 4.69) is 75.5 Å². The maximum atomic E-state index is 14.5. The van der Waals surface area contributed by atoms with Crippen LogP contribution in [0.2, 0.25) is 0 Å². The maximum Gasteiger partial charge on any atom is 0.224 e. The molecule has 0 saturated carbocycles. The van der Waals surface area contributed by atoms with E-state index in [9.17, 15) is 29.7 Å². The van der Waals surface area contributed by atoms with Crippen LogP contribution in [0.4, 0.5) is 11.4 Å². The van der Waals surface area contributed by atoms with Gasteiger partial charge < -0.3 is 30.9 Å². The van der Waals surface area contributed by atoms with Crippen molar-refractivity contribution in [3.8, 4) is 11.5 Å². The Bertz CT molecular complexity index is 2220. The minimum atomic E-state index is -0.398. The van der Waals surface area contributed by atoms with Gasteiger partial charge in [-0.05, 0) is 141 Å². The van der Waals surface area contributed by atoms with Gasteiger partial charge in [-0.25, -0.2) is 4.58 Å². The predicted molar refractivity (Wildman–Crippen MR) is 233 cm³/mol. The molecule has 0 aliphatic heterocycles. The molecule has 5 rings (SSSR count). The molecule has 0 aromatic heterocycles. The van der Waals surface area contributed by atoms with Gasteiger partial charge in [0.2, 0.25) is 23.3 Å². The third kappa shape index (κ3) is 9.61. The van der Waals surface area contributed by atoms with E-state index < -0.39 is 5.78 Å². The number of aryl methyl sites for hydroxylation is 3. The highest BCUT2D eigenvalue weighted by atomic mass is 16.3. The molecule has 0 fully saturated rings. The van der Waals surface area contributed by atoms with E-state index in [1.54, 1.807) is 48.5 Å². The van der Waals surface area contributed by atoms with Gasteiger partial charge in [-0.15, -0.1) is 0 Å². The number of anilines is 2. The van der Waals surface area contributed by atoms with Crippen LogP contribution in [0.25, 0.3) is 5.57 Å². The fourth-order valence-corrected chi connectivity index (χ4v) is 8.04. The van der Waals surface area contributed by atoms with Crippen molar-refractivity contribution in [3.63, 3.8) is 0 Å². The molecule has 2 amide bonds. The van der Waals surface area contributed by atoms with Crippen molar-refractivity contribution in [1.29, 1.82) is 0 Å². The summed E-state index contributed by atoms with van der Waals surface area (Å²) in [5, 5.41) is 37.4. The molecule has 5 N–H and O–H groups in total. The number of benzene rings is 3. The zero-order valence-electron chi connectivity index (χ0n) is 35.5. The number of hydrogen-bond acceptors (Lipinski definition) is 7. The second-order valence-corrected chi connectivity index (χ2v) is 16.4. The number of ketones is 1. The molecular weight excluding hydrogens is 729 g/mol. The summed E-state index contributed by atoms with van der Waals surface area (Å²) >= 11 is 0. The summed E-state index contributed by atoms with van der Waals surface area (Å²) in [5.41, 5.74) is 7.20. The molecule has 0 heterocycles. The Morgan fingerprint density at radius 1 is 0.690 bits per heavy atom. The number of aliphatic hydroxyl groups is 1. The van der Waals surface area contributed by atoms with Crippen LogP contribution in [-0.4, -0.2) is 67.4 Å². The van der Waals surface area contributed by atoms with E-state index in [1.165, 1.54) is 0 Å². The molecule has 3 aromatic carbocycles. The number of carbonyl (C=O) groups is 3. The number of amides is 2. The molecule has 0 radical (unpaired) electrons. The highest BCUT2D eigenvalue weighted by Gasteiger charge is 2.41. The van der Waals surface area contributed by atoms with Gasteiger partial charge in [0, 0.05) is 53.4 Å². The zero-order chi connectivity index (χ0) is 42.6. The van der Waals surface area contributed by atoms with Crippen molar-refractivity contribution in [3.05, 3.63) is 123 Å². The number of aromatic hydroxyl groups is 2. The largest absolute Gasteiger partial charge is 0.508 e. The minimum Gasteiger partial charge on any atom is -0.508 e. The highest BCUT2D eigenvalue weighted by Crippen LogP contribution is 2.45. The lowest BCUT2D eigenvalue weighted by Crippen LogP contribution is -2.37. The smallest absolute Gasteiger partial charge is 0.224 e. The van der Waals surface area contributed by atoms with E-state index in [1.807, 2.05) is 38.1 Å². The fraction of sp³-hybridized carbons (Fsp3) is 0.375. The average molecular weight is 788 g/mol. The summed E-state index contributed by atoms with van der Waals surface area (Å²) in [6.45, 7) is 20.8. The van der Waals surface area contributed by atoms with E-state index in [-0.39, 0.29) is 77.2 Å². The van der Waals surface area contributed by atoms with Gasteiger partial charge in [-0.2, -0.15) is 0 Å². The molecule has 2 aliphatic rings. The molecule has 10 heteroatoms. The molecule has 0 bridgehead atoms. The van der Waals surface area contributed by atoms with Crippen LogP contribution in [0.15, 0.2) is 101 Å². The van der Waals surface area contributed by atoms with E-state index in [0.29, 0.717) is 35.4 Å². The van der Waals surface area contributed by atoms with Crippen molar-refractivity contribution in [1.82, 2.24) is 5.32 Å². The normalized spacial score (nSPS) is 15.6. The molecule has 0 atom stereocenters. The number of aliphatic hydroxyl groups excluding tert-OH is 1. The molecule has 0 saturated heterocycles. The Labute approximate surface area is 343 Å². The van der Waals surface area contributed by atoms with Crippen LogP contribution < -0.4 is 15.5 Å². The summed E-state index contributed by atoms with van der Waals surface area (Å²) in [7, 11) is 0. The first-order valence-electron chi connectivity index (χ1n) is 20.2. The number of hydrogen-bond donors (Lipinski definition) is 5. The monoisotopic (exact) mass is 787 g/mol. The molecule has 0 unspecified atom stereocenters. The number of carbonyl (C=O) groups excluding carboxylic acids is 3. The van der Waals surface area contributed by atoms with Gasteiger partial charge in [-0.3, -0.25) is 14.4 Å². The van der Waals surface area contributed by atoms with Crippen molar-refractivity contribution < 1.29 is 34.3 Å². The van der Waals surface area contributed by atoms with Crippen molar-refractivity contribution in [2.75, 3.05) is 10.2 Å². The summed E-state index contributed by atoms with van der Waals surface area (Å²) < 4.78 is 2.25. The van der Waals surface area contributed by atoms with Crippen molar-refractivity contribution >= 4 is 40.3 Å². The standard InChI is InChI=1S/C48H58N4O6/c1-27(2)51(28(3)4)41-25-39(49-43(55)21-15-33-11-17-35(53)18-12-33)37(23-31(41)9)45-47(57)46(48(45)58)38-24-32(10)42(52(29(5)6)30(7)8)26-40(38)50-44(56)22-16-34-13-19-36(54)20-14-34/h11-14,17-20,23-30H,15-16,21-22H2,1-10H3,(H4,49,50,53,54,55,56,57,58)/p+1. The molecule has 10 nitrogen and oxygen atoms in total. The van der Waals surface area contributed by atoms with Gasteiger partial charge in [0.05, 0.1) is 22.5 Å². The van der Waals surface area contributed by atoms with E-state index in [0.717, 1.165) is 33.7 Å². The molecule has 0 spiro atoms. The lowest BCUT2D eigenvalue weighted by atomic mass is 9.77. The summed E-state index contributed by atoms with van der Waals surface area (Å²) in [4.78, 5) is 43.8. The third-order valence-electron chi connectivity index (χ3n) is 10.6. The first-order chi connectivity index (χ1) is 27.4. The lowest BCUT2D eigenvalue weighted by Gasteiger charge is -2.35. The topological polar surface area (TPSA) is 142 Å². The van der Waals surface area contributed by atoms with Crippen LogP contribution in [0, 0.1) is 6.92 Å². The quantitative estimate of drug-likeness (QED) is 0.0814. The second kappa shape index (κ2) is 18.1. The minimum absolute atomic E-state index is 0.0939. The van der Waals surface area contributed by atoms with Crippen LogP contribution in [-0.2, 0) is 27.2 Å². The van der Waals surface area contributed by atoms with Gasteiger partial charge >= 0.3 is 0 Å². The van der Waals surface area contributed by atoms with Crippen LogP contribution >= 0.6 is 0 Å². The molecule has 306 valence electrons. The number of phenolic OH excluding ortho intramolecular Hbond substituents is 2. The number of phenols is 2. The first kappa shape index (κ1) is 43.2. The van der Waals surface area contributed by atoms with Crippen LogP contribution in [0.1, 0.15) is 97.4 Å². The maximum absolute atomic E-state index is 14.5. The molecule has 58 heavy (non-hydrogen) atoms. The molecule has 2 aliphatic carbocycles. The van der Waals surface area contributed by atoms with Gasteiger partial charge in [-0.1, -0.05) is 24.3 Å². The highest BCUT2D eigenvalue weighted by molar-refractivity contribution is 6.40. The molecular formula is C48H59N4O6+. The van der Waals surface area contributed by atoms with Crippen molar-refractivity contribution in [2.24, 2.45) is 0 Å². The number of Topliss-reactive ketones (excluding diaryl/α,β-unsaturated/α-hetero) is 1. The van der Waals surface area contributed by atoms with E-state index >= 15 is 0 Å². The van der Waals surface area contributed by atoms with E-state index in [4.69, 9.17) is 0 Å². The third-order valence-corrected chi connectivity index (χ3v) is 10.6. The zero-order valence-corrected chi connectivity index (χ0v) is 35.5. The number of nitrogens with zero attached hydrogens (tertiary/aromatic N) is 2. The summed E-state index contributed by atoms with van der Waals surface area (Å²) in [6, 6.07) is 17.8. The number of allylic oxidation sites excluding steroid dienone is 5. The second-order valence-electron chi connectivity index (χ2n) is 16.4. The summed E-state index contributed by atoms with van der Waals surface area (Å²) in [6.07, 6.45) is 4.95. The van der Waals surface area contributed by atoms with Crippen LogP contribution in [0.3, 0.4) is 0 Å². The fourth-order valence-electron chi connectivity index (χ4n) is 8.04. The van der Waals surface area contributed by atoms with Crippen LogP contribution in [0.5, 0.6) is 11.5 Å². The number of nitrogens with one attached hydrogen (secondary N) is 2. The molecule has 3 aromatic rings. The first-order valence-corrected chi connectivity index (χ1v) is 20.2. The SMILES string of the molecule is CC1=C/C(=C2\C(=O)C(c3cc(C)c(N(C(C)C)C(C)C)cc3NC(=O)CCc3ccc(O)cc3)=C2O)C(NC(=O)CCc2ccc(O)cc2)=CC1=[N+](C(C)C)C(C)C. The predicted octanol–water partition coefficient (Wildman–Crippen LogP) is 8.61. The van der Waals surface area contributed by atoms with Gasteiger partial charge in [0.1, 0.15) is 29.3 Å². The lowest BCUT2D eigenvalue weighted by molar-refractivity contribution is -0.586. The Balaban J connectivity index is 1.59.